The van der Waals surface area contributed by atoms with Crippen LogP contribution in [0.2, 0.25) is 0 Å². The number of rotatable bonds is 2. The van der Waals surface area contributed by atoms with Gasteiger partial charge in [-0.25, -0.2) is 4.21 Å². The summed E-state index contributed by atoms with van der Waals surface area (Å²) in [5.74, 6) is 3.37. The van der Waals surface area contributed by atoms with Crippen molar-refractivity contribution >= 4 is 15.6 Å². The molecule has 4 heteroatoms. The summed E-state index contributed by atoms with van der Waals surface area (Å²) in [4.78, 5) is 0.555. The molecule has 0 spiro atoms. The Morgan fingerprint density at radius 3 is 2.17 bits per heavy atom. The van der Waals surface area contributed by atoms with Crippen LogP contribution in [0.5, 0.6) is 0 Å². The summed E-state index contributed by atoms with van der Waals surface area (Å²) in [5.41, 5.74) is 6.38. The first-order valence-corrected chi connectivity index (χ1v) is 5.27. The van der Waals surface area contributed by atoms with Gasteiger partial charge in [-0.1, -0.05) is 12.1 Å². The molecule has 0 aromatic heterocycles. The fourth-order valence-electron chi connectivity index (χ4n) is 0.856. The molecule has 0 aliphatic rings. The lowest BCUT2D eigenvalue weighted by Crippen LogP contribution is -2.11. The Hall–Kier alpha value is -0.840. The summed E-state index contributed by atoms with van der Waals surface area (Å²) >= 11 is 0. The fourth-order valence-corrected chi connectivity index (χ4v) is 1.45. The number of hydrogen-bond acceptors (Lipinski definition) is 2. The largest absolute Gasteiger partial charge is 0.326 e. The minimum Gasteiger partial charge on any atom is -0.326 e. The molecule has 0 heterocycles. The molecule has 1 aromatic rings. The molecule has 12 heavy (non-hydrogen) atoms. The number of nitrogens with two attached hydrogens (primary N) is 2. The molecule has 0 saturated carbocycles. The Labute approximate surface area is 72.5 Å². The van der Waals surface area contributed by atoms with E-state index >= 15 is 0 Å². The van der Waals surface area contributed by atoms with Crippen LogP contribution in [0.1, 0.15) is 5.56 Å². The van der Waals surface area contributed by atoms with Crippen molar-refractivity contribution in [3.63, 3.8) is 0 Å². The predicted octanol–water partition coefficient (Wildman–Crippen LogP) is 0.0943. The molecule has 0 aliphatic carbocycles. The van der Waals surface area contributed by atoms with Crippen molar-refractivity contribution in [3.05, 3.63) is 29.8 Å². The van der Waals surface area contributed by atoms with Crippen molar-refractivity contribution in [1.82, 2.24) is 0 Å². The van der Waals surface area contributed by atoms with Crippen LogP contribution in [0, 0.1) is 0 Å². The van der Waals surface area contributed by atoms with Crippen LogP contribution >= 0.6 is 0 Å². The maximum Gasteiger partial charge on any atom is 0.0507 e. The van der Waals surface area contributed by atoms with Crippen molar-refractivity contribution in [3.8, 4) is 0 Å². The van der Waals surface area contributed by atoms with E-state index in [2.05, 4.69) is 5.87 Å². The molecule has 3 nitrogen and oxygen atoms in total. The molecule has 0 aliphatic heterocycles. The van der Waals surface area contributed by atoms with E-state index in [1.807, 2.05) is 0 Å². The highest BCUT2D eigenvalue weighted by molar-refractivity contribution is 7.98. The van der Waals surface area contributed by atoms with E-state index in [4.69, 9.17) is 10.9 Å². The predicted molar refractivity (Wildman–Crippen MR) is 52.1 cm³/mol. The van der Waals surface area contributed by atoms with E-state index in [1.54, 1.807) is 24.3 Å². The topological polar surface area (TPSA) is 69.1 Å². The second kappa shape index (κ2) is 3.26. The lowest BCUT2D eigenvalue weighted by molar-refractivity contribution is 0.682. The van der Waals surface area contributed by atoms with Crippen LogP contribution in [-0.2, 0) is 16.3 Å². The summed E-state index contributed by atoms with van der Waals surface area (Å²) in [6.07, 6.45) is 0. The number of benzene rings is 1. The van der Waals surface area contributed by atoms with Gasteiger partial charge >= 0.3 is 0 Å². The quantitative estimate of drug-likeness (QED) is 0.640. The van der Waals surface area contributed by atoms with Crippen LogP contribution in [0.3, 0.4) is 0 Å². The molecule has 0 saturated heterocycles. The third-order valence-electron chi connectivity index (χ3n) is 1.56. The molecule has 1 atom stereocenters. The van der Waals surface area contributed by atoms with Crippen LogP contribution in [-0.4, -0.2) is 10.1 Å². The second-order valence-corrected chi connectivity index (χ2v) is 4.50. The zero-order valence-corrected chi connectivity index (χ0v) is 7.51. The zero-order chi connectivity index (χ0) is 9.19. The zero-order valence-electron chi connectivity index (χ0n) is 6.69. The minimum absolute atomic E-state index is 0.475. The summed E-state index contributed by atoms with van der Waals surface area (Å²) < 4.78 is 11.2. The monoisotopic (exact) mass is 184 g/mol. The lowest BCUT2D eigenvalue weighted by Gasteiger charge is -2.02. The van der Waals surface area contributed by atoms with Gasteiger partial charge in [-0.2, -0.15) is 0 Å². The van der Waals surface area contributed by atoms with Gasteiger partial charge in [0.2, 0.25) is 0 Å². The average molecular weight is 184 g/mol. The first kappa shape index (κ1) is 9.25. The second-order valence-electron chi connectivity index (χ2n) is 2.57. The van der Waals surface area contributed by atoms with E-state index in [9.17, 15) is 4.21 Å². The van der Waals surface area contributed by atoms with E-state index in [1.165, 1.54) is 0 Å². The van der Waals surface area contributed by atoms with Crippen molar-refractivity contribution < 1.29 is 4.21 Å². The van der Waals surface area contributed by atoms with E-state index in [-0.39, 0.29) is 0 Å². The van der Waals surface area contributed by atoms with Crippen molar-refractivity contribution in [2.75, 3.05) is 0 Å². The summed E-state index contributed by atoms with van der Waals surface area (Å²) in [6, 6.07) is 6.98. The van der Waals surface area contributed by atoms with Gasteiger partial charge in [0, 0.05) is 11.4 Å². The van der Waals surface area contributed by atoms with Crippen molar-refractivity contribution in [2.24, 2.45) is 10.9 Å². The average Bonchev–Trinajstić information content (AvgIpc) is 2.03. The summed E-state index contributed by atoms with van der Waals surface area (Å²) in [6.45, 7) is 0.475. The normalized spacial score (nSPS) is 15.5. The molecule has 0 amide bonds. The van der Waals surface area contributed by atoms with E-state index < -0.39 is 9.71 Å². The highest BCUT2D eigenvalue weighted by Crippen LogP contribution is 2.07. The van der Waals surface area contributed by atoms with Gasteiger partial charge in [0.25, 0.3) is 0 Å². The molecule has 4 N–H and O–H groups in total. The highest BCUT2D eigenvalue weighted by atomic mass is 32.2. The Balaban J connectivity index is 3.09. The van der Waals surface area contributed by atoms with Crippen molar-refractivity contribution in [1.29, 1.82) is 0 Å². The van der Waals surface area contributed by atoms with Gasteiger partial charge in [0.15, 0.2) is 0 Å². The van der Waals surface area contributed by atoms with Crippen LogP contribution in [0.25, 0.3) is 0 Å². The van der Waals surface area contributed by atoms with E-state index in [0.717, 1.165) is 5.56 Å². The molecule has 1 aromatic carbocycles. The van der Waals surface area contributed by atoms with Crippen LogP contribution in [0.15, 0.2) is 29.2 Å². The summed E-state index contributed by atoms with van der Waals surface area (Å²) in [5, 5.41) is 5.33. The van der Waals surface area contributed by atoms with Gasteiger partial charge in [-0.05, 0) is 23.6 Å². The molecule has 0 bridgehead atoms. The fraction of sp³-hybridized carbons (Fsp3) is 0.125. The first-order valence-electron chi connectivity index (χ1n) is 3.48. The molecule has 0 radical (unpaired) electrons. The lowest BCUT2D eigenvalue weighted by atomic mass is 10.2. The molecular formula is C8H12N2OS. The molecular weight excluding hydrogens is 172 g/mol. The molecule has 1 rings (SSSR count). The van der Waals surface area contributed by atoms with Gasteiger partial charge in [0.1, 0.15) is 0 Å². The Bertz CT molecular complexity index is 353. The Morgan fingerprint density at radius 2 is 1.83 bits per heavy atom. The van der Waals surface area contributed by atoms with Crippen molar-refractivity contribution in [2.45, 2.75) is 11.4 Å². The van der Waals surface area contributed by atoms with Crippen LogP contribution in [0.4, 0.5) is 0 Å². The van der Waals surface area contributed by atoms with Gasteiger partial charge in [-0.15, -0.1) is 0 Å². The maximum atomic E-state index is 11.2. The first-order chi connectivity index (χ1) is 5.54. The SMILES string of the molecule is C=S(N)(=O)c1ccc(CN)cc1. The highest BCUT2D eigenvalue weighted by Gasteiger charge is 1.99. The number of hydrogen-bond donors (Lipinski definition) is 2. The third-order valence-corrected chi connectivity index (χ3v) is 2.63. The van der Waals surface area contributed by atoms with Gasteiger partial charge in [-0.3, -0.25) is 5.14 Å². The smallest absolute Gasteiger partial charge is 0.0507 e. The summed E-state index contributed by atoms with van der Waals surface area (Å²) in [7, 11) is -2.57. The van der Waals surface area contributed by atoms with E-state index in [0.29, 0.717) is 11.4 Å². The van der Waals surface area contributed by atoms with Gasteiger partial charge in [0.05, 0.1) is 9.71 Å². The standard InChI is InChI=1S/C8H12N2OS/c1-12(10,11)8-4-2-7(6-9)3-5-8/h2-5H,1,6,9H2,(H2,10,11). The maximum absolute atomic E-state index is 11.2. The Kier molecular flexibility index (Phi) is 2.52. The Morgan fingerprint density at radius 1 is 1.33 bits per heavy atom. The molecule has 1 unspecified atom stereocenters. The van der Waals surface area contributed by atoms with Gasteiger partial charge < -0.3 is 5.73 Å². The molecule has 66 valence electrons. The molecule has 0 fully saturated rings. The van der Waals surface area contributed by atoms with Crippen LogP contribution < -0.4 is 10.9 Å². The minimum atomic E-state index is -2.57. The third kappa shape index (κ3) is 2.07.